The Bertz CT molecular complexity index is 980. The Hall–Kier alpha value is -2.78. The van der Waals surface area contributed by atoms with Gasteiger partial charge < -0.3 is 24.7 Å². The first kappa shape index (κ1) is 22.9. The first-order valence-corrected chi connectivity index (χ1v) is 10.3. The number of carbonyl (C=O) groups is 3. The fraction of sp³-hybridized carbons (Fsp3) is 0.400. The van der Waals surface area contributed by atoms with Crippen molar-refractivity contribution in [2.24, 2.45) is 0 Å². The molecule has 0 saturated carbocycles. The zero-order valence-corrected chi connectivity index (χ0v) is 18.5. The van der Waals surface area contributed by atoms with Crippen LogP contribution in [0.5, 0.6) is 0 Å². The van der Waals surface area contributed by atoms with Crippen molar-refractivity contribution in [1.82, 2.24) is 20.2 Å². The monoisotopic (exact) mass is 468 g/mol. The molecular weight excluding hydrogens is 447 g/mol. The standard InChI is InChI=1S/C20H22Cl2N4O5/c1-30-15(27)7-6-14(19(28)31-2)25-20(29)26-9-8-13-17(24-10-23-13)18(26)11-4-3-5-12(21)16(11)22/h3-5,10,14,18H,6-9H2,1-2H3,(H,23,24)(H,25,29). The normalized spacial score (nSPS) is 16.3. The first-order chi connectivity index (χ1) is 14.9. The van der Waals surface area contributed by atoms with Crippen molar-refractivity contribution in [2.45, 2.75) is 31.3 Å². The highest BCUT2D eigenvalue weighted by Gasteiger charge is 2.37. The predicted molar refractivity (Wildman–Crippen MR) is 113 cm³/mol. The van der Waals surface area contributed by atoms with Crippen molar-refractivity contribution in [3.8, 4) is 0 Å². The van der Waals surface area contributed by atoms with Gasteiger partial charge in [0.25, 0.3) is 0 Å². The Morgan fingerprint density at radius 1 is 1.29 bits per heavy atom. The summed E-state index contributed by atoms with van der Waals surface area (Å²) in [6.45, 7) is 0.347. The molecule has 0 bridgehead atoms. The van der Waals surface area contributed by atoms with Crippen LogP contribution in [0.2, 0.25) is 10.0 Å². The van der Waals surface area contributed by atoms with Crippen molar-refractivity contribution in [3.63, 3.8) is 0 Å². The summed E-state index contributed by atoms with van der Waals surface area (Å²) >= 11 is 12.7. The number of urea groups is 1. The van der Waals surface area contributed by atoms with Gasteiger partial charge in [-0.05, 0) is 12.5 Å². The van der Waals surface area contributed by atoms with Crippen LogP contribution in [0.3, 0.4) is 0 Å². The SMILES string of the molecule is COC(=O)CCC(NC(=O)N1CCc2[nH]cnc2C1c1cccc(Cl)c1Cl)C(=O)OC. The van der Waals surface area contributed by atoms with E-state index in [1.165, 1.54) is 19.1 Å². The number of H-pyrrole nitrogens is 1. The number of amides is 2. The van der Waals surface area contributed by atoms with Gasteiger partial charge in [-0.1, -0.05) is 35.3 Å². The summed E-state index contributed by atoms with van der Waals surface area (Å²) in [6, 6.07) is 3.03. The molecular formula is C20H22Cl2N4O5. The van der Waals surface area contributed by atoms with E-state index >= 15 is 0 Å². The number of imidazole rings is 1. The van der Waals surface area contributed by atoms with Crippen molar-refractivity contribution in [2.75, 3.05) is 20.8 Å². The number of ether oxygens (including phenoxy) is 2. The highest BCUT2D eigenvalue weighted by molar-refractivity contribution is 6.42. The highest BCUT2D eigenvalue weighted by atomic mass is 35.5. The van der Waals surface area contributed by atoms with E-state index < -0.39 is 30.1 Å². The van der Waals surface area contributed by atoms with Crippen molar-refractivity contribution >= 4 is 41.2 Å². The minimum atomic E-state index is -1.02. The number of nitrogens with one attached hydrogen (secondary N) is 2. The highest BCUT2D eigenvalue weighted by Crippen LogP contribution is 2.39. The molecule has 31 heavy (non-hydrogen) atoms. The van der Waals surface area contributed by atoms with Gasteiger partial charge in [0.05, 0.1) is 36.3 Å². The van der Waals surface area contributed by atoms with Crippen LogP contribution in [0.15, 0.2) is 24.5 Å². The lowest BCUT2D eigenvalue weighted by molar-refractivity contribution is -0.144. The average molecular weight is 469 g/mol. The number of fused-ring (bicyclic) bond motifs is 1. The van der Waals surface area contributed by atoms with E-state index in [4.69, 9.17) is 27.9 Å². The number of benzene rings is 1. The van der Waals surface area contributed by atoms with Gasteiger partial charge in [-0.2, -0.15) is 0 Å². The topological polar surface area (TPSA) is 114 Å². The molecule has 0 fully saturated rings. The summed E-state index contributed by atoms with van der Waals surface area (Å²) in [5.41, 5.74) is 2.15. The summed E-state index contributed by atoms with van der Waals surface area (Å²) in [5.74, 6) is -1.15. The summed E-state index contributed by atoms with van der Waals surface area (Å²) < 4.78 is 9.39. The number of aromatic amines is 1. The third kappa shape index (κ3) is 4.94. The minimum absolute atomic E-state index is 0.0369. The summed E-state index contributed by atoms with van der Waals surface area (Å²) in [6.07, 6.45) is 2.09. The van der Waals surface area contributed by atoms with Crippen LogP contribution in [0, 0.1) is 0 Å². The van der Waals surface area contributed by atoms with Gasteiger partial charge in [0.2, 0.25) is 0 Å². The molecule has 0 aliphatic carbocycles. The summed E-state index contributed by atoms with van der Waals surface area (Å²) in [5, 5.41) is 3.34. The van der Waals surface area contributed by atoms with Crippen molar-refractivity contribution in [3.05, 3.63) is 51.5 Å². The zero-order chi connectivity index (χ0) is 22.5. The maximum Gasteiger partial charge on any atom is 0.328 e. The molecule has 1 aromatic carbocycles. The third-order valence-electron chi connectivity index (χ3n) is 5.11. The number of esters is 2. The molecule has 2 atom stereocenters. The Morgan fingerprint density at radius 2 is 2.06 bits per heavy atom. The number of aromatic nitrogens is 2. The molecule has 1 aromatic heterocycles. The minimum Gasteiger partial charge on any atom is -0.469 e. The number of halogens is 2. The van der Waals surface area contributed by atoms with Gasteiger partial charge in [-0.25, -0.2) is 14.6 Å². The van der Waals surface area contributed by atoms with E-state index in [0.29, 0.717) is 34.3 Å². The third-order valence-corrected chi connectivity index (χ3v) is 5.94. The molecule has 0 saturated heterocycles. The van der Waals surface area contributed by atoms with Crippen LogP contribution in [0.25, 0.3) is 0 Å². The van der Waals surface area contributed by atoms with Crippen LogP contribution >= 0.6 is 23.2 Å². The van der Waals surface area contributed by atoms with Gasteiger partial charge in [0, 0.05) is 30.6 Å². The second-order valence-electron chi connectivity index (χ2n) is 6.90. The second kappa shape index (κ2) is 10.0. The lowest BCUT2D eigenvalue weighted by Gasteiger charge is -2.36. The van der Waals surface area contributed by atoms with Crippen LogP contribution in [-0.4, -0.2) is 59.6 Å². The fourth-order valence-corrected chi connectivity index (χ4v) is 3.94. The summed E-state index contributed by atoms with van der Waals surface area (Å²) in [7, 11) is 2.47. The van der Waals surface area contributed by atoms with Crippen LogP contribution in [0.4, 0.5) is 4.79 Å². The molecule has 9 nitrogen and oxygen atoms in total. The molecule has 11 heteroatoms. The smallest absolute Gasteiger partial charge is 0.328 e. The summed E-state index contributed by atoms with van der Waals surface area (Å²) in [4.78, 5) is 45.9. The molecule has 2 amide bonds. The van der Waals surface area contributed by atoms with Crippen molar-refractivity contribution in [1.29, 1.82) is 0 Å². The number of nitrogens with zero attached hydrogens (tertiary/aromatic N) is 2. The van der Waals surface area contributed by atoms with Crippen LogP contribution < -0.4 is 5.32 Å². The van der Waals surface area contributed by atoms with E-state index in [1.807, 2.05) is 0 Å². The van der Waals surface area contributed by atoms with E-state index in [9.17, 15) is 14.4 Å². The fourth-order valence-electron chi connectivity index (χ4n) is 3.53. The number of hydrogen-bond donors (Lipinski definition) is 2. The molecule has 2 heterocycles. The van der Waals surface area contributed by atoms with E-state index in [-0.39, 0.29) is 12.8 Å². The zero-order valence-electron chi connectivity index (χ0n) is 17.0. The van der Waals surface area contributed by atoms with Crippen LogP contribution in [0.1, 0.15) is 35.8 Å². The molecule has 1 aliphatic heterocycles. The van der Waals surface area contributed by atoms with E-state index in [1.54, 1.807) is 24.5 Å². The van der Waals surface area contributed by atoms with Gasteiger partial charge in [-0.15, -0.1) is 0 Å². The largest absolute Gasteiger partial charge is 0.469 e. The molecule has 1 aliphatic rings. The number of hydrogen-bond acceptors (Lipinski definition) is 6. The van der Waals surface area contributed by atoms with Gasteiger partial charge in [-0.3, -0.25) is 4.79 Å². The van der Waals surface area contributed by atoms with Crippen molar-refractivity contribution < 1.29 is 23.9 Å². The molecule has 0 spiro atoms. The molecule has 2 aromatic rings. The lowest BCUT2D eigenvalue weighted by Crippen LogP contribution is -2.51. The first-order valence-electron chi connectivity index (χ1n) is 9.55. The molecule has 3 rings (SSSR count). The number of rotatable bonds is 6. The van der Waals surface area contributed by atoms with E-state index in [0.717, 1.165) is 5.69 Å². The quantitative estimate of drug-likeness (QED) is 0.629. The van der Waals surface area contributed by atoms with Gasteiger partial charge >= 0.3 is 18.0 Å². The maximum absolute atomic E-state index is 13.2. The maximum atomic E-state index is 13.2. The van der Waals surface area contributed by atoms with E-state index in [2.05, 4.69) is 20.0 Å². The number of carbonyl (C=O) groups excluding carboxylic acids is 3. The Balaban J connectivity index is 1.89. The molecule has 166 valence electrons. The average Bonchev–Trinajstić information content (AvgIpc) is 3.26. The molecule has 2 unspecified atom stereocenters. The predicted octanol–water partition coefficient (Wildman–Crippen LogP) is 2.87. The Morgan fingerprint density at radius 3 is 2.77 bits per heavy atom. The van der Waals surface area contributed by atoms with Gasteiger partial charge in [0.1, 0.15) is 12.1 Å². The van der Waals surface area contributed by atoms with Gasteiger partial charge in [0.15, 0.2) is 0 Å². The number of methoxy groups -OCH3 is 2. The molecule has 0 radical (unpaired) electrons. The Labute approximate surface area is 189 Å². The lowest BCUT2D eigenvalue weighted by atomic mass is 9.96. The second-order valence-corrected chi connectivity index (χ2v) is 7.68. The molecule has 2 N–H and O–H groups in total. The van der Waals surface area contributed by atoms with Crippen LogP contribution in [-0.2, 0) is 25.5 Å². The Kier molecular flexibility index (Phi) is 7.40.